The fraction of sp³-hybridized carbons (Fsp3) is 0.188. The molecule has 0 radical (unpaired) electrons. The van der Waals surface area contributed by atoms with E-state index in [-0.39, 0.29) is 13.7 Å². The molecule has 0 aromatic heterocycles. The van der Waals surface area contributed by atoms with Gasteiger partial charge in [0.15, 0.2) is 0 Å². The van der Waals surface area contributed by atoms with Gasteiger partial charge in [0.25, 0.3) is 10.0 Å². The number of fused-ring (bicyclic) bond motifs is 1. The lowest BCUT2D eigenvalue weighted by Gasteiger charge is -2.20. The van der Waals surface area contributed by atoms with Crippen LogP contribution in [-0.4, -0.2) is 14.4 Å². The van der Waals surface area contributed by atoms with Crippen molar-refractivity contribution >= 4 is 27.4 Å². The molecule has 0 spiro atoms. The Hall–Kier alpha value is -2.34. The highest BCUT2D eigenvalue weighted by atomic mass is 32.2. The molecule has 2 aromatic carbocycles. The zero-order valence-electron chi connectivity index (χ0n) is 12.8. The van der Waals surface area contributed by atoms with Crippen molar-refractivity contribution in [3.8, 4) is 0 Å². The molecular weight excluding hydrogens is 298 g/mol. The normalized spacial score (nSPS) is 14.6. The molecule has 2 N–H and O–H groups in total. The van der Waals surface area contributed by atoms with Crippen LogP contribution in [0.1, 0.15) is 22.3 Å². The van der Waals surface area contributed by atoms with Gasteiger partial charge >= 0.3 is 0 Å². The predicted octanol–water partition coefficient (Wildman–Crippen LogP) is 4.10. The van der Waals surface area contributed by atoms with Crippen LogP contribution in [0.5, 0.6) is 0 Å². The highest BCUT2D eigenvalue weighted by molar-refractivity contribution is 7.90. The number of benzene rings is 2. The van der Waals surface area contributed by atoms with Crippen LogP contribution in [0.15, 0.2) is 57.8 Å². The lowest BCUT2D eigenvalue weighted by molar-refractivity contribution is 0.597. The van der Waals surface area contributed by atoms with Crippen molar-refractivity contribution in [2.75, 3.05) is 10.6 Å². The predicted molar refractivity (Wildman–Crippen MR) is 95.1 cm³/mol. The van der Waals surface area contributed by atoms with Gasteiger partial charge in [0, 0.05) is 8.54 Å². The third-order valence-electron chi connectivity index (χ3n) is 3.00. The maximum atomic E-state index is 12.2. The van der Waals surface area contributed by atoms with E-state index in [2.05, 4.69) is 15.0 Å². The molecule has 0 atom stereocenters. The fourth-order valence-electron chi connectivity index (χ4n) is 2.04. The summed E-state index contributed by atoms with van der Waals surface area (Å²) in [4.78, 5) is 0.205. The number of guanidine groups is 1. The Labute approximate surface area is 134 Å². The van der Waals surface area contributed by atoms with Gasteiger partial charge in [-0.2, -0.15) is 8.42 Å². The summed E-state index contributed by atoms with van der Waals surface area (Å²) < 4.78 is 28.1. The molecule has 5 nitrogen and oxygen atoms in total. The SMILES string of the molecule is CC.Cc1cccc2c1NC(Nc1ccccc1)=NS2(=O)=O.[HH].[HH]. The van der Waals surface area contributed by atoms with Crippen molar-refractivity contribution in [3.63, 3.8) is 0 Å². The molecule has 120 valence electrons. The van der Waals surface area contributed by atoms with Gasteiger partial charge < -0.3 is 10.6 Å². The Morgan fingerprint density at radius 3 is 2.41 bits per heavy atom. The number of para-hydroxylation sites is 2. The van der Waals surface area contributed by atoms with Crippen LogP contribution in [0.25, 0.3) is 0 Å². The Morgan fingerprint density at radius 1 is 1.05 bits per heavy atom. The molecule has 0 fully saturated rings. The monoisotopic (exact) mass is 321 g/mol. The van der Waals surface area contributed by atoms with E-state index in [1.54, 1.807) is 12.1 Å². The van der Waals surface area contributed by atoms with Crippen LogP contribution in [0.4, 0.5) is 11.4 Å². The number of sulfonamides is 1. The van der Waals surface area contributed by atoms with Crippen molar-refractivity contribution in [2.24, 2.45) is 4.40 Å². The zero-order valence-corrected chi connectivity index (χ0v) is 13.6. The van der Waals surface area contributed by atoms with Gasteiger partial charge in [0.2, 0.25) is 5.96 Å². The maximum Gasteiger partial charge on any atom is 0.287 e. The first-order valence-electron chi connectivity index (χ1n) is 7.10. The lowest BCUT2D eigenvalue weighted by Crippen LogP contribution is -2.28. The van der Waals surface area contributed by atoms with Crippen molar-refractivity contribution in [1.29, 1.82) is 0 Å². The van der Waals surface area contributed by atoms with Gasteiger partial charge in [0.05, 0.1) is 5.69 Å². The van der Waals surface area contributed by atoms with Crippen LogP contribution in [-0.2, 0) is 10.0 Å². The summed E-state index contributed by atoms with van der Waals surface area (Å²) in [5, 5.41) is 5.99. The standard InChI is InChI=1S/C14H13N3O2S.C2H6.2H2/c1-10-6-5-9-12-13(10)16-14(17-20(12,18)19)15-11-7-3-2-4-8-11;1-2;;/h2-9H,1H3,(H2,15,16,17);1-2H3;2*1H. The van der Waals surface area contributed by atoms with Gasteiger partial charge in [-0.15, -0.1) is 4.40 Å². The summed E-state index contributed by atoms with van der Waals surface area (Å²) in [6.07, 6.45) is 0. The van der Waals surface area contributed by atoms with Crippen molar-refractivity contribution < 1.29 is 11.3 Å². The average molecular weight is 321 g/mol. The van der Waals surface area contributed by atoms with Crippen molar-refractivity contribution in [2.45, 2.75) is 25.7 Å². The third-order valence-corrected chi connectivity index (χ3v) is 4.32. The van der Waals surface area contributed by atoms with E-state index in [4.69, 9.17) is 0 Å². The third kappa shape index (κ3) is 3.28. The average Bonchev–Trinajstić information content (AvgIpc) is 2.51. The molecule has 2 aromatic rings. The van der Waals surface area contributed by atoms with Gasteiger partial charge in [-0.1, -0.05) is 44.2 Å². The minimum atomic E-state index is -3.67. The first-order valence-corrected chi connectivity index (χ1v) is 8.54. The molecule has 0 unspecified atom stereocenters. The summed E-state index contributed by atoms with van der Waals surface area (Å²) in [5.41, 5.74) is 2.19. The molecule has 1 aliphatic heterocycles. The Balaban J connectivity index is 0.00000128. The molecule has 6 heteroatoms. The van der Waals surface area contributed by atoms with E-state index in [9.17, 15) is 8.42 Å². The summed E-state index contributed by atoms with van der Waals surface area (Å²) in [6, 6.07) is 14.4. The second kappa shape index (κ2) is 6.62. The molecule has 0 saturated carbocycles. The highest BCUT2D eigenvalue weighted by Crippen LogP contribution is 2.30. The van der Waals surface area contributed by atoms with E-state index in [0.717, 1.165) is 11.3 Å². The first-order chi connectivity index (χ1) is 10.6. The van der Waals surface area contributed by atoms with Crippen LogP contribution < -0.4 is 10.6 Å². The Kier molecular flexibility index (Phi) is 4.82. The topological polar surface area (TPSA) is 70.6 Å². The Bertz CT molecular complexity index is 794. The van der Waals surface area contributed by atoms with Gasteiger partial charge in [-0.05, 0) is 30.7 Å². The van der Waals surface area contributed by atoms with Crippen molar-refractivity contribution in [1.82, 2.24) is 0 Å². The smallest absolute Gasteiger partial charge is 0.287 e. The van der Waals surface area contributed by atoms with E-state index in [1.165, 1.54) is 0 Å². The number of nitrogens with one attached hydrogen (secondary N) is 2. The molecule has 0 amide bonds. The summed E-state index contributed by atoms with van der Waals surface area (Å²) in [6.45, 7) is 5.85. The Morgan fingerprint density at radius 2 is 1.73 bits per heavy atom. The van der Waals surface area contributed by atoms with E-state index >= 15 is 0 Å². The number of nitrogens with zero attached hydrogens (tertiary/aromatic N) is 1. The molecule has 0 saturated heterocycles. The molecular formula is C16H23N3O2S. The number of rotatable bonds is 1. The molecule has 3 rings (SSSR count). The van der Waals surface area contributed by atoms with Crippen LogP contribution in [0, 0.1) is 6.92 Å². The largest absolute Gasteiger partial charge is 0.325 e. The van der Waals surface area contributed by atoms with Crippen molar-refractivity contribution in [3.05, 3.63) is 54.1 Å². The number of hydrogen-bond acceptors (Lipinski definition) is 4. The highest BCUT2D eigenvalue weighted by Gasteiger charge is 2.25. The molecule has 0 aliphatic carbocycles. The fourth-order valence-corrected chi connectivity index (χ4v) is 3.19. The lowest BCUT2D eigenvalue weighted by atomic mass is 10.2. The van der Waals surface area contributed by atoms with Gasteiger partial charge in [-0.3, -0.25) is 0 Å². The summed E-state index contributed by atoms with van der Waals surface area (Å²) in [7, 11) is -3.67. The zero-order chi connectivity index (χ0) is 16.2. The van der Waals surface area contributed by atoms with E-state index in [1.807, 2.05) is 57.2 Å². The molecule has 22 heavy (non-hydrogen) atoms. The summed E-state index contributed by atoms with van der Waals surface area (Å²) >= 11 is 0. The van der Waals surface area contributed by atoms with Gasteiger partial charge in [-0.25, -0.2) is 0 Å². The van der Waals surface area contributed by atoms with Crippen LogP contribution in [0.3, 0.4) is 0 Å². The number of anilines is 2. The molecule has 0 bridgehead atoms. The van der Waals surface area contributed by atoms with Crippen LogP contribution >= 0.6 is 0 Å². The van der Waals surface area contributed by atoms with Gasteiger partial charge in [0.1, 0.15) is 4.90 Å². The van der Waals surface area contributed by atoms with Crippen LogP contribution in [0.2, 0.25) is 0 Å². The minimum absolute atomic E-state index is 0. The van der Waals surface area contributed by atoms with E-state index < -0.39 is 10.0 Å². The molecule has 1 heterocycles. The quantitative estimate of drug-likeness (QED) is 0.829. The minimum Gasteiger partial charge on any atom is -0.325 e. The number of hydrogen-bond donors (Lipinski definition) is 2. The molecule has 1 aliphatic rings. The number of aryl methyl sites for hydroxylation is 1. The van der Waals surface area contributed by atoms with E-state index in [0.29, 0.717) is 5.69 Å². The summed E-state index contributed by atoms with van der Waals surface area (Å²) in [5.74, 6) is 0.206. The first kappa shape index (κ1) is 16.0. The second-order valence-corrected chi connectivity index (χ2v) is 6.05. The second-order valence-electron chi connectivity index (χ2n) is 4.48. The maximum absolute atomic E-state index is 12.2.